The number of allylic oxidation sites excluding steroid dienone is 2. The molecule has 0 unspecified atom stereocenters. The maximum Gasteiger partial charge on any atom is 0.181 e. The molecule has 0 aromatic carbocycles. The van der Waals surface area contributed by atoms with Crippen LogP contribution in [0.15, 0.2) is 12.7 Å². The van der Waals surface area contributed by atoms with E-state index in [1.54, 1.807) is 6.08 Å². The molecule has 64 valence electrons. The molecule has 0 aliphatic heterocycles. The SMILES string of the molecule is C=Cc1sc(N)nc1/C(C)=C\C. The smallest absolute Gasteiger partial charge is 0.181 e. The number of aromatic nitrogens is 1. The number of anilines is 1. The maximum atomic E-state index is 5.58. The van der Waals surface area contributed by atoms with Crippen molar-refractivity contribution in [2.45, 2.75) is 13.8 Å². The van der Waals surface area contributed by atoms with E-state index >= 15 is 0 Å². The summed E-state index contributed by atoms with van der Waals surface area (Å²) in [6.07, 6.45) is 3.80. The Bertz CT molecular complexity index is 323. The molecule has 0 saturated heterocycles. The first kappa shape index (κ1) is 9.00. The van der Waals surface area contributed by atoms with Crippen LogP contribution in [0.25, 0.3) is 11.6 Å². The predicted molar refractivity (Wildman–Crippen MR) is 55.9 cm³/mol. The van der Waals surface area contributed by atoms with E-state index in [9.17, 15) is 0 Å². The highest BCUT2D eigenvalue weighted by atomic mass is 32.1. The van der Waals surface area contributed by atoms with Crippen molar-refractivity contribution >= 4 is 28.1 Å². The normalized spacial score (nSPS) is 11.7. The molecule has 1 heterocycles. The highest BCUT2D eigenvalue weighted by Gasteiger charge is 2.06. The van der Waals surface area contributed by atoms with Gasteiger partial charge in [-0.1, -0.05) is 24.0 Å². The van der Waals surface area contributed by atoms with Crippen molar-refractivity contribution in [1.82, 2.24) is 4.98 Å². The average Bonchev–Trinajstić information content (AvgIpc) is 2.45. The Morgan fingerprint density at radius 3 is 2.83 bits per heavy atom. The van der Waals surface area contributed by atoms with Crippen LogP contribution >= 0.6 is 11.3 Å². The van der Waals surface area contributed by atoms with Crippen LogP contribution in [0, 0.1) is 0 Å². The first-order valence-corrected chi connectivity index (χ1v) is 4.52. The third-order valence-electron chi connectivity index (χ3n) is 1.66. The Kier molecular flexibility index (Phi) is 2.65. The van der Waals surface area contributed by atoms with Gasteiger partial charge in [0.2, 0.25) is 0 Å². The van der Waals surface area contributed by atoms with Crippen molar-refractivity contribution in [3.8, 4) is 0 Å². The molecule has 0 aliphatic carbocycles. The predicted octanol–water partition coefficient (Wildman–Crippen LogP) is 2.79. The van der Waals surface area contributed by atoms with Crippen molar-refractivity contribution in [3.63, 3.8) is 0 Å². The lowest BCUT2D eigenvalue weighted by molar-refractivity contribution is 1.34. The van der Waals surface area contributed by atoms with Crippen molar-refractivity contribution in [2.75, 3.05) is 5.73 Å². The quantitative estimate of drug-likeness (QED) is 0.760. The van der Waals surface area contributed by atoms with Gasteiger partial charge in [0.25, 0.3) is 0 Å². The van der Waals surface area contributed by atoms with Crippen molar-refractivity contribution in [1.29, 1.82) is 0 Å². The van der Waals surface area contributed by atoms with Gasteiger partial charge in [-0.25, -0.2) is 4.98 Å². The van der Waals surface area contributed by atoms with E-state index in [0.29, 0.717) is 5.13 Å². The fourth-order valence-corrected chi connectivity index (χ4v) is 1.66. The summed E-state index contributed by atoms with van der Waals surface area (Å²) in [5.41, 5.74) is 7.67. The van der Waals surface area contributed by atoms with Crippen molar-refractivity contribution < 1.29 is 0 Å². The average molecular weight is 180 g/mol. The Balaban J connectivity index is 3.22. The minimum absolute atomic E-state index is 0.598. The molecular formula is C9H12N2S. The maximum absolute atomic E-state index is 5.58. The summed E-state index contributed by atoms with van der Waals surface area (Å²) >= 11 is 1.47. The molecular weight excluding hydrogens is 168 g/mol. The third-order valence-corrected chi connectivity index (χ3v) is 2.54. The lowest BCUT2D eigenvalue weighted by Crippen LogP contribution is -1.85. The molecule has 12 heavy (non-hydrogen) atoms. The molecule has 0 aliphatic rings. The number of nitrogen functional groups attached to an aromatic ring is 1. The first-order valence-electron chi connectivity index (χ1n) is 3.71. The number of thiazole rings is 1. The van der Waals surface area contributed by atoms with E-state index in [0.717, 1.165) is 16.1 Å². The van der Waals surface area contributed by atoms with Crippen LogP contribution in [-0.2, 0) is 0 Å². The van der Waals surface area contributed by atoms with Gasteiger partial charge in [0.15, 0.2) is 5.13 Å². The Morgan fingerprint density at radius 2 is 2.33 bits per heavy atom. The van der Waals surface area contributed by atoms with Crippen LogP contribution in [0.4, 0.5) is 5.13 Å². The van der Waals surface area contributed by atoms with Gasteiger partial charge in [0.05, 0.1) is 10.6 Å². The number of nitrogens with zero attached hydrogens (tertiary/aromatic N) is 1. The summed E-state index contributed by atoms with van der Waals surface area (Å²) in [6, 6.07) is 0. The number of rotatable bonds is 2. The van der Waals surface area contributed by atoms with Gasteiger partial charge in [-0.15, -0.1) is 0 Å². The lowest BCUT2D eigenvalue weighted by atomic mass is 10.2. The molecule has 1 aromatic heterocycles. The van der Waals surface area contributed by atoms with E-state index < -0.39 is 0 Å². The van der Waals surface area contributed by atoms with E-state index in [2.05, 4.69) is 11.6 Å². The van der Waals surface area contributed by atoms with Crippen LogP contribution in [-0.4, -0.2) is 4.98 Å². The zero-order chi connectivity index (χ0) is 9.14. The molecule has 0 spiro atoms. The topological polar surface area (TPSA) is 38.9 Å². The zero-order valence-electron chi connectivity index (χ0n) is 7.29. The van der Waals surface area contributed by atoms with Crippen LogP contribution in [0.1, 0.15) is 24.4 Å². The van der Waals surface area contributed by atoms with Crippen LogP contribution in [0.5, 0.6) is 0 Å². The van der Waals surface area contributed by atoms with Crippen molar-refractivity contribution in [2.24, 2.45) is 0 Å². The zero-order valence-corrected chi connectivity index (χ0v) is 8.11. The molecule has 3 heteroatoms. The van der Waals surface area contributed by atoms with E-state index in [1.807, 2.05) is 19.9 Å². The number of nitrogens with two attached hydrogens (primary N) is 1. The molecule has 2 nitrogen and oxygen atoms in total. The second-order valence-electron chi connectivity index (χ2n) is 2.44. The van der Waals surface area contributed by atoms with E-state index in [1.165, 1.54) is 11.3 Å². The van der Waals surface area contributed by atoms with Crippen LogP contribution in [0.2, 0.25) is 0 Å². The molecule has 0 fully saturated rings. The van der Waals surface area contributed by atoms with Gasteiger partial charge < -0.3 is 5.73 Å². The fraction of sp³-hybridized carbons (Fsp3) is 0.222. The summed E-state index contributed by atoms with van der Waals surface area (Å²) < 4.78 is 0. The van der Waals surface area contributed by atoms with Gasteiger partial charge in [0, 0.05) is 0 Å². The summed E-state index contributed by atoms with van der Waals surface area (Å²) in [6.45, 7) is 7.71. The monoisotopic (exact) mass is 180 g/mol. The minimum Gasteiger partial charge on any atom is -0.375 e. The minimum atomic E-state index is 0.598. The molecule has 0 atom stereocenters. The summed E-state index contributed by atoms with van der Waals surface area (Å²) in [5.74, 6) is 0. The van der Waals surface area contributed by atoms with E-state index in [4.69, 9.17) is 5.73 Å². The molecule has 2 N–H and O–H groups in total. The lowest BCUT2D eigenvalue weighted by Gasteiger charge is -1.94. The summed E-state index contributed by atoms with van der Waals surface area (Å²) in [7, 11) is 0. The van der Waals surface area contributed by atoms with Gasteiger partial charge in [-0.2, -0.15) is 0 Å². The highest BCUT2D eigenvalue weighted by molar-refractivity contribution is 7.16. The van der Waals surface area contributed by atoms with Gasteiger partial charge in [-0.05, 0) is 25.5 Å². The van der Waals surface area contributed by atoms with Crippen LogP contribution in [0.3, 0.4) is 0 Å². The van der Waals surface area contributed by atoms with Crippen LogP contribution < -0.4 is 5.73 Å². The molecule has 0 bridgehead atoms. The van der Waals surface area contributed by atoms with Gasteiger partial charge >= 0.3 is 0 Å². The van der Waals surface area contributed by atoms with Gasteiger partial charge in [-0.3, -0.25) is 0 Å². The molecule has 0 saturated carbocycles. The largest absolute Gasteiger partial charge is 0.375 e. The van der Waals surface area contributed by atoms with Crippen molar-refractivity contribution in [3.05, 3.63) is 23.2 Å². The second kappa shape index (κ2) is 3.54. The molecule has 1 rings (SSSR count). The molecule has 0 amide bonds. The molecule has 1 aromatic rings. The highest BCUT2D eigenvalue weighted by Crippen LogP contribution is 2.26. The Hall–Kier alpha value is -1.09. The Morgan fingerprint density at radius 1 is 1.67 bits per heavy atom. The number of hydrogen-bond donors (Lipinski definition) is 1. The summed E-state index contributed by atoms with van der Waals surface area (Å²) in [5, 5.41) is 0.598. The summed E-state index contributed by atoms with van der Waals surface area (Å²) in [4.78, 5) is 5.25. The Labute approximate surface area is 76.4 Å². The molecule has 0 radical (unpaired) electrons. The first-order chi connectivity index (χ1) is 5.69. The van der Waals surface area contributed by atoms with E-state index in [-0.39, 0.29) is 0 Å². The number of hydrogen-bond acceptors (Lipinski definition) is 3. The standard InChI is InChI=1S/C9H12N2S/c1-4-6(3)8-7(5-2)12-9(10)11-8/h4-5H,2H2,1,3H3,(H2,10,11)/b6-4-. The third kappa shape index (κ3) is 1.56. The fourth-order valence-electron chi connectivity index (χ4n) is 0.907. The van der Waals surface area contributed by atoms with Gasteiger partial charge in [0.1, 0.15) is 0 Å². The second-order valence-corrected chi connectivity index (χ2v) is 3.50.